The van der Waals surface area contributed by atoms with Gasteiger partial charge in [0, 0.05) is 20.2 Å². The molecule has 6 heteroatoms. The lowest BCUT2D eigenvalue weighted by molar-refractivity contribution is 0.0688. The second-order valence-electron chi connectivity index (χ2n) is 4.79. The van der Waals surface area contributed by atoms with E-state index in [0.29, 0.717) is 0 Å². The predicted molar refractivity (Wildman–Crippen MR) is 82.6 cm³/mol. The fraction of sp³-hybridized carbons (Fsp3) is 0.286. The van der Waals surface area contributed by atoms with E-state index in [1.807, 2.05) is 18.2 Å². The number of carboxylic acids is 1. The molecule has 0 atom stereocenters. The first-order chi connectivity index (χ1) is 9.58. The van der Waals surface area contributed by atoms with Gasteiger partial charge in [0.2, 0.25) is 0 Å². The lowest BCUT2D eigenvalue weighted by atomic mass is 9.95. The SMILES string of the molecule is O=C(O)c1nn(-c2ccc(Br)cc2Br)c2c1CCCC2. The fourth-order valence-corrected chi connectivity index (χ4v) is 3.84. The van der Waals surface area contributed by atoms with Crippen LogP contribution in [0.1, 0.15) is 34.6 Å². The molecule has 4 nitrogen and oxygen atoms in total. The highest BCUT2D eigenvalue weighted by Gasteiger charge is 2.25. The van der Waals surface area contributed by atoms with Crippen LogP contribution in [0.2, 0.25) is 0 Å². The van der Waals surface area contributed by atoms with Crippen molar-refractivity contribution in [1.29, 1.82) is 0 Å². The third-order valence-corrected chi connectivity index (χ3v) is 4.65. The van der Waals surface area contributed by atoms with Crippen molar-refractivity contribution in [3.63, 3.8) is 0 Å². The number of carbonyl (C=O) groups is 1. The Morgan fingerprint density at radius 1 is 1.25 bits per heavy atom. The number of benzene rings is 1. The second kappa shape index (κ2) is 5.33. The molecule has 0 amide bonds. The first-order valence-electron chi connectivity index (χ1n) is 6.37. The van der Waals surface area contributed by atoms with Crippen LogP contribution in [0.15, 0.2) is 27.1 Å². The van der Waals surface area contributed by atoms with Gasteiger partial charge in [0.25, 0.3) is 0 Å². The molecule has 0 aliphatic heterocycles. The molecular weight excluding hydrogens is 388 g/mol. The maximum Gasteiger partial charge on any atom is 0.356 e. The third kappa shape index (κ3) is 2.31. The smallest absolute Gasteiger partial charge is 0.356 e. The molecule has 3 rings (SSSR count). The van der Waals surface area contributed by atoms with Gasteiger partial charge in [-0.2, -0.15) is 5.10 Å². The summed E-state index contributed by atoms with van der Waals surface area (Å²) in [4.78, 5) is 11.4. The van der Waals surface area contributed by atoms with Crippen molar-refractivity contribution in [2.45, 2.75) is 25.7 Å². The number of aromatic nitrogens is 2. The van der Waals surface area contributed by atoms with Crippen LogP contribution in [0.3, 0.4) is 0 Å². The molecule has 0 saturated heterocycles. The Bertz CT molecular complexity index is 695. The van der Waals surface area contributed by atoms with E-state index in [1.165, 1.54) is 0 Å². The van der Waals surface area contributed by atoms with Crippen molar-refractivity contribution in [1.82, 2.24) is 9.78 Å². The molecule has 0 bridgehead atoms. The number of hydrogen-bond acceptors (Lipinski definition) is 2. The molecule has 0 unspecified atom stereocenters. The van der Waals surface area contributed by atoms with Gasteiger partial charge >= 0.3 is 5.97 Å². The number of carboxylic acid groups (broad SMARTS) is 1. The van der Waals surface area contributed by atoms with E-state index in [1.54, 1.807) is 4.68 Å². The van der Waals surface area contributed by atoms with Crippen molar-refractivity contribution in [3.05, 3.63) is 44.1 Å². The molecule has 1 aromatic heterocycles. The van der Waals surface area contributed by atoms with Gasteiger partial charge in [-0.05, 0) is 59.8 Å². The summed E-state index contributed by atoms with van der Waals surface area (Å²) in [7, 11) is 0. The van der Waals surface area contributed by atoms with E-state index in [9.17, 15) is 9.90 Å². The summed E-state index contributed by atoms with van der Waals surface area (Å²) in [5.41, 5.74) is 2.98. The average molecular weight is 400 g/mol. The van der Waals surface area contributed by atoms with Gasteiger partial charge < -0.3 is 5.11 Å². The van der Waals surface area contributed by atoms with Crippen molar-refractivity contribution >= 4 is 37.8 Å². The van der Waals surface area contributed by atoms with Crippen LogP contribution in [0.25, 0.3) is 5.69 Å². The molecule has 0 radical (unpaired) electrons. The van der Waals surface area contributed by atoms with Crippen LogP contribution in [0.5, 0.6) is 0 Å². The number of hydrogen-bond donors (Lipinski definition) is 1. The minimum absolute atomic E-state index is 0.189. The zero-order valence-electron chi connectivity index (χ0n) is 10.6. The van der Waals surface area contributed by atoms with Gasteiger partial charge in [0.05, 0.1) is 5.69 Å². The van der Waals surface area contributed by atoms with E-state index in [-0.39, 0.29) is 5.69 Å². The Hall–Kier alpha value is -1.14. The van der Waals surface area contributed by atoms with Crippen molar-refractivity contribution in [2.24, 2.45) is 0 Å². The molecule has 1 aromatic carbocycles. The molecule has 1 aliphatic rings. The van der Waals surface area contributed by atoms with Crippen LogP contribution in [-0.2, 0) is 12.8 Å². The highest BCUT2D eigenvalue weighted by Crippen LogP contribution is 2.31. The number of aromatic carboxylic acids is 1. The number of halogens is 2. The number of rotatable bonds is 2. The predicted octanol–water partition coefficient (Wildman–Crippen LogP) is 3.97. The Morgan fingerprint density at radius 2 is 2.00 bits per heavy atom. The molecule has 2 aromatic rings. The van der Waals surface area contributed by atoms with Gasteiger partial charge in [-0.3, -0.25) is 0 Å². The van der Waals surface area contributed by atoms with Gasteiger partial charge in [0.1, 0.15) is 0 Å². The maximum atomic E-state index is 11.4. The van der Waals surface area contributed by atoms with E-state index >= 15 is 0 Å². The Morgan fingerprint density at radius 3 is 2.70 bits per heavy atom. The largest absolute Gasteiger partial charge is 0.476 e. The van der Waals surface area contributed by atoms with E-state index in [0.717, 1.165) is 51.6 Å². The Labute approximate surface area is 133 Å². The molecule has 1 N–H and O–H groups in total. The standard InChI is InChI=1S/C14H12Br2N2O2/c15-8-5-6-12(10(16)7-8)18-11-4-2-1-3-9(11)13(17-18)14(19)20/h5-7H,1-4H2,(H,19,20). The molecule has 0 saturated carbocycles. The van der Waals surface area contributed by atoms with Crippen LogP contribution in [-0.4, -0.2) is 20.9 Å². The zero-order valence-corrected chi connectivity index (χ0v) is 13.7. The van der Waals surface area contributed by atoms with Crippen molar-refractivity contribution in [2.75, 3.05) is 0 Å². The van der Waals surface area contributed by atoms with Crippen molar-refractivity contribution < 1.29 is 9.90 Å². The Kier molecular flexibility index (Phi) is 3.69. The molecule has 1 heterocycles. The van der Waals surface area contributed by atoms with Gasteiger partial charge in [0.15, 0.2) is 5.69 Å². The summed E-state index contributed by atoms with van der Waals surface area (Å²) < 4.78 is 3.63. The summed E-state index contributed by atoms with van der Waals surface area (Å²) in [6, 6.07) is 5.80. The fourth-order valence-electron chi connectivity index (χ4n) is 2.62. The summed E-state index contributed by atoms with van der Waals surface area (Å²) >= 11 is 6.94. The highest BCUT2D eigenvalue weighted by molar-refractivity contribution is 9.11. The minimum atomic E-state index is -0.949. The number of nitrogens with zero attached hydrogens (tertiary/aromatic N) is 2. The molecule has 0 spiro atoms. The molecular formula is C14H12Br2N2O2. The molecule has 104 valence electrons. The average Bonchev–Trinajstić information content (AvgIpc) is 2.78. The lowest BCUT2D eigenvalue weighted by Crippen LogP contribution is -2.08. The van der Waals surface area contributed by atoms with Crippen LogP contribution < -0.4 is 0 Å². The third-order valence-electron chi connectivity index (χ3n) is 3.52. The van der Waals surface area contributed by atoms with E-state index < -0.39 is 5.97 Å². The highest BCUT2D eigenvalue weighted by atomic mass is 79.9. The quantitative estimate of drug-likeness (QED) is 0.830. The first kappa shape index (κ1) is 13.8. The first-order valence-corrected chi connectivity index (χ1v) is 7.96. The molecule has 1 aliphatic carbocycles. The Balaban J connectivity index is 2.21. The number of fused-ring (bicyclic) bond motifs is 1. The maximum absolute atomic E-state index is 11.4. The van der Waals surface area contributed by atoms with Gasteiger partial charge in [-0.15, -0.1) is 0 Å². The summed E-state index contributed by atoms with van der Waals surface area (Å²) in [5.74, 6) is -0.949. The van der Waals surface area contributed by atoms with E-state index in [4.69, 9.17) is 0 Å². The summed E-state index contributed by atoms with van der Waals surface area (Å²) in [6.45, 7) is 0. The minimum Gasteiger partial charge on any atom is -0.476 e. The monoisotopic (exact) mass is 398 g/mol. The molecule has 0 fully saturated rings. The van der Waals surface area contributed by atoms with E-state index in [2.05, 4.69) is 37.0 Å². The normalized spacial score (nSPS) is 14.1. The summed E-state index contributed by atoms with van der Waals surface area (Å²) in [6.07, 6.45) is 3.77. The van der Waals surface area contributed by atoms with Crippen LogP contribution >= 0.6 is 31.9 Å². The lowest BCUT2D eigenvalue weighted by Gasteiger charge is -2.14. The summed E-state index contributed by atoms with van der Waals surface area (Å²) in [5, 5.41) is 13.6. The second-order valence-corrected chi connectivity index (χ2v) is 6.56. The topological polar surface area (TPSA) is 55.1 Å². The van der Waals surface area contributed by atoms with Gasteiger partial charge in [-0.25, -0.2) is 9.48 Å². The zero-order chi connectivity index (χ0) is 14.3. The van der Waals surface area contributed by atoms with Gasteiger partial charge in [-0.1, -0.05) is 15.9 Å². The van der Waals surface area contributed by atoms with Crippen LogP contribution in [0.4, 0.5) is 0 Å². The van der Waals surface area contributed by atoms with Crippen LogP contribution in [0, 0.1) is 0 Å². The molecule has 20 heavy (non-hydrogen) atoms. The van der Waals surface area contributed by atoms with Crippen molar-refractivity contribution in [3.8, 4) is 5.69 Å².